The number of aliphatic carboxylic acids is 1. The monoisotopic (exact) mass is 241 g/mol. The Balaban J connectivity index is 2.67. The van der Waals surface area contributed by atoms with E-state index in [9.17, 15) is 9.59 Å². The lowest BCUT2D eigenvalue weighted by atomic mass is 10.2. The van der Waals surface area contributed by atoms with Gasteiger partial charge in [0.15, 0.2) is 0 Å². The predicted octanol–water partition coefficient (Wildman–Crippen LogP) is 1.90. The second-order valence-corrected chi connectivity index (χ2v) is 4.56. The number of nitrogens with one attached hydrogen (secondary N) is 1. The Morgan fingerprint density at radius 3 is 2.56 bits per heavy atom. The van der Waals surface area contributed by atoms with Gasteiger partial charge in [-0.15, -0.1) is 11.3 Å². The molecule has 1 amide bonds. The maximum absolute atomic E-state index is 11.7. The summed E-state index contributed by atoms with van der Waals surface area (Å²) < 4.78 is 0. The summed E-state index contributed by atoms with van der Waals surface area (Å²) >= 11 is 1.40. The van der Waals surface area contributed by atoms with Crippen LogP contribution in [0.3, 0.4) is 0 Å². The minimum absolute atomic E-state index is 0.307. The third-order valence-electron chi connectivity index (χ3n) is 2.25. The van der Waals surface area contributed by atoms with Crippen molar-refractivity contribution >= 4 is 23.2 Å². The van der Waals surface area contributed by atoms with Crippen LogP contribution in [0.5, 0.6) is 0 Å². The van der Waals surface area contributed by atoms with Crippen LogP contribution in [0.1, 0.15) is 34.8 Å². The highest BCUT2D eigenvalue weighted by Crippen LogP contribution is 2.16. The molecule has 0 aliphatic rings. The number of carboxylic acids is 1. The normalized spacial score (nSPS) is 12.1. The topological polar surface area (TPSA) is 66.4 Å². The second-order valence-electron chi connectivity index (χ2n) is 3.39. The van der Waals surface area contributed by atoms with E-state index in [1.54, 1.807) is 13.0 Å². The molecule has 0 unspecified atom stereocenters. The lowest BCUT2D eigenvalue weighted by Gasteiger charge is -2.10. The van der Waals surface area contributed by atoms with Gasteiger partial charge in [0, 0.05) is 4.88 Å². The highest BCUT2D eigenvalue weighted by atomic mass is 32.1. The van der Waals surface area contributed by atoms with Crippen LogP contribution in [0.15, 0.2) is 12.1 Å². The smallest absolute Gasteiger partial charge is 0.326 e. The average molecular weight is 241 g/mol. The van der Waals surface area contributed by atoms with Crippen LogP contribution in [0.25, 0.3) is 0 Å². The van der Waals surface area contributed by atoms with E-state index in [0.717, 1.165) is 11.3 Å². The lowest BCUT2D eigenvalue weighted by molar-refractivity contribution is -0.139. The number of rotatable bonds is 5. The molecule has 0 spiro atoms. The molecule has 1 rings (SSSR count). The molecular formula is C11H15NO3S. The molecule has 1 heterocycles. The van der Waals surface area contributed by atoms with E-state index in [4.69, 9.17) is 5.11 Å². The molecule has 1 aromatic heterocycles. The number of carboxylic acid groups (broad SMARTS) is 1. The Hall–Kier alpha value is -1.36. The highest BCUT2D eigenvalue weighted by Gasteiger charge is 2.19. The molecular weight excluding hydrogens is 226 g/mol. The second kappa shape index (κ2) is 5.65. The summed E-state index contributed by atoms with van der Waals surface area (Å²) in [4.78, 5) is 24.1. The van der Waals surface area contributed by atoms with E-state index in [-0.39, 0.29) is 5.91 Å². The van der Waals surface area contributed by atoms with Gasteiger partial charge in [0.2, 0.25) is 0 Å². The van der Waals surface area contributed by atoms with Crippen molar-refractivity contribution in [3.05, 3.63) is 21.9 Å². The number of hydrogen-bond acceptors (Lipinski definition) is 3. The molecule has 0 aliphatic carbocycles. The van der Waals surface area contributed by atoms with E-state index < -0.39 is 12.0 Å². The van der Waals surface area contributed by atoms with Crippen LogP contribution in [0, 0.1) is 0 Å². The van der Waals surface area contributed by atoms with E-state index in [1.165, 1.54) is 11.3 Å². The zero-order valence-electron chi connectivity index (χ0n) is 9.32. The van der Waals surface area contributed by atoms with Crippen LogP contribution < -0.4 is 5.32 Å². The third kappa shape index (κ3) is 3.06. The fourth-order valence-corrected chi connectivity index (χ4v) is 2.11. The molecule has 4 nitrogen and oxygen atoms in total. The number of carbonyl (C=O) groups is 2. The molecule has 2 N–H and O–H groups in total. The molecule has 88 valence electrons. The number of carbonyl (C=O) groups excluding carboxylic acids is 1. The zero-order chi connectivity index (χ0) is 12.1. The van der Waals surface area contributed by atoms with Gasteiger partial charge in [0.05, 0.1) is 4.88 Å². The van der Waals surface area contributed by atoms with Crippen molar-refractivity contribution in [3.8, 4) is 0 Å². The first-order valence-electron chi connectivity index (χ1n) is 5.20. The Morgan fingerprint density at radius 1 is 1.44 bits per heavy atom. The van der Waals surface area contributed by atoms with Crippen LogP contribution >= 0.6 is 11.3 Å². The summed E-state index contributed by atoms with van der Waals surface area (Å²) in [6, 6.07) is 2.81. The van der Waals surface area contributed by atoms with Crippen LogP contribution in [-0.4, -0.2) is 23.0 Å². The Kier molecular flexibility index (Phi) is 4.49. The Morgan fingerprint density at radius 2 is 2.12 bits per heavy atom. The van der Waals surface area contributed by atoms with Gasteiger partial charge in [-0.1, -0.05) is 13.8 Å². The number of aryl methyl sites for hydroxylation is 1. The van der Waals surface area contributed by atoms with Crippen molar-refractivity contribution in [2.75, 3.05) is 0 Å². The van der Waals surface area contributed by atoms with Crippen molar-refractivity contribution in [1.29, 1.82) is 0 Å². The Labute approximate surface area is 98.3 Å². The molecule has 1 atom stereocenters. The maximum Gasteiger partial charge on any atom is 0.326 e. The van der Waals surface area contributed by atoms with E-state index in [0.29, 0.717) is 11.3 Å². The summed E-state index contributed by atoms with van der Waals surface area (Å²) in [5, 5.41) is 11.3. The summed E-state index contributed by atoms with van der Waals surface area (Å²) in [7, 11) is 0. The quantitative estimate of drug-likeness (QED) is 0.827. The molecule has 0 aromatic carbocycles. The summed E-state index contributed by atoms with van der Waals surface area (Å²) in [5.74, 6) is -1.30. The van der Waals surface area contributed by atoms with Gasteiger partial charge >= 0.3 is 5.97 Å². The predicted molar refractivity (Wildman–Crippen MR) is 62.9 cm³/mol. The fourth-order valence-electron chi connectivity index (χ4n) is 1.26. The van der Waals surface area contributed by atoms with E-state index in [2.05, 4.69) is 5.32 Å². The lowest BCUT2D eigenvalue weighted by Crippen LogP contribution is -2.39. The molecule has 0 aliphatic heterocycles. The number of hydrogen-bond donors (Lipinski definition) is 2. The number of amides is 1. The standard InChI is InChI=1S/C11H15NO3S/c1-3-7-5-6-9(16-7)10(13)12-8(4-2)11(14)15/h5-6,8H,3-4H2,1-2H3,(H,12,13)(H,14,15)/t8-/m0/s1. The SMILES string of the molecule is CCc1ccc(C(=O)N[C@@H](CC)C(=O)O)s1. The zero-order valence-corrected chi connectivity index (χ0v) is 10.1. The molecule has 0 bridgehead atoms. The minimum atomic E-state index is -0.997. The van der Waals surface area contributed by atoms with Gasteiger partial charge in [-0.2, -0.15) is 0 Å². The molecule has 5 heteroatoms. The maximum atomic E-state index is 11.7. The fraction of sp³-hybridized carbons (Fsp3) is 0.455. The van der Waals surface area contributed by atoms with Gasteiger partial charge in [0.25, 0.3) is 5.91 Å². The van der Waals surface area contributed by atoms with Crippen molar-refractivity contribution < 1.29 is 14.7 Å². The van der Waals surface area contributed by atoms with Gasteiger partial charge in [0.1, 0.15) is 6.04 Å². The van der Waals surface area contributed by atoms with Crippen LogP contribution in [0.4, 0.5) is 0 Å². The highest BCUT2D eigenvalue weighted by molar-refractivity contribution is 7.14. The first-order valence-corrected chi connectivity index (χ1v) is 6.02. The van der Waals surface area contributed by atoms with Gasteiger partial charge < -0.3 is 10.4 Å². The summed E-state index contributed by atoms with van der Waals surface area (Å²) in [6.45, 7) is 3.74. The Bertz CT molecular complexity index is 386. The van der Waals surface area contributed by atoms with Crippen LogP contribution in [0.2, 0.25) is 0 Å². The van der Waals surface area contributed by atoms with E-state index in [1.807, 2.05) is 13.0 Å². The van der Waals surface area contributed by atoms with Crippen LogP contribution in [-0.2, 0) is 11.2 Å². The minimum Gasteiger partial charge on any atom is -0.480 e. The molecule has 16 heavy (non-hydrogen) atoms. The summed E-state index contributed by atoms with van der Waals surface area (Å²) in [5.41, 5.74) is 0. The van der Waals surface area contributed by atoms with Crippen molar-refractivity contribution in [1.82, 2.24) is 5.32 Å². The van der Waals surface area contributed by atoms with Gasteiger partial charge in [-0.25, -0.2) is 4.79 Å². The molecule has 1 aromatic rings. The number of thiophene rings is 1. The largest absolute Gasteiger partial charge is 0.480 e. The van der Waals surface area contributed by atoms with Gasteiger partial charge in [-0.3, -0.25) is 4.79 Å². The third-order valence-corrected chi connectivity index (χ3v) is 3.47. The van der Waals surface area contributed by atoms with E-state index >= 15 is 0 Å². The van der Waals surface area contributed by atoms with Crippen molar-refractivity contribution in [2.45, 2.75) is 32.7 Å². The molecule has 0 saturated heterocycles. The first-order chi connectivity index (χ1) is 7.58. The summed E-state index contributed by atoms with van der Waals surface area (Å²) in [6.07, 6.45) is 1.27. The van der Waals surface area contributed by atoms with Crippen molar-refractivity contribution in [2.24, 2.45) is 0 Å². The average Bonchev–Trinajstić information content (AvgIpc) is 2.73. The molecule has 0 fully saturated rings. The van der Waals surface area contributed by atoms with Gasteiger partial charge in [-0.05, 0) is 25.0 Å². The first kappa shape index (κ1) is 12.7. The molecule has 0 saturated carbocycles. The van der Waals surface area contributed by atoms with Crippen molar-refractivity contribution in [3.63, 3.8) is 0 Å². The molecule has 0 radical (unpaired) electrons.